The third-order valence-corrected chi connectivity index (χ3v) is 1.86. The van der Waals surface area contributed by atoms with Crippen molar-refractivity contribution in [1.29, 1.82) is 0 Å². The molecule has 0 aliphatic rings. The van der Waals surface area contributed by atoms with Gasteiger partial charge in [0, 0.05) is 0 Å². The number of rotatable bonds is 6. The number of unbranched alkanes of at least 4 members (excludes halogenated alkanes) is 1. The molecule has 0 amide bonds. The maximum absolute atomic E-state index is 5.42. The van der Waals surface area contributed by atoms with Crippen LogP contribution in [0.5, 0.6) is 0 Å². The molecular weight excluding hydrogens is 170 g/mol. The van der Waals surface area contributed by atoms with Gasteiger partial charge in [-0.3, -0.25) is 0 Å². The molecule has 0 aromatic rings. The lowest BCUT2D eigenvalue weighted by molar-refractivity contribution is 0.746. The first-order chi connectivity index (χ1) is 6.85. The summed E-state index contributed by atoms with van der Waals surface area (Å²) in [6.07, 6.45) is 11.2. The van der Waals surface area contributed by atoms with E-state index in [1.54, 1.807) is 0 Å². The first kappa shape index (κ1) is 15.9. The fourth-order valence-electron chi connectivity index (χ4n) is 1.07. The van der Waals surface area contributed by atoms with Crippen molar-refractivity contribution in [2.45, 2.75) is 53.4 Å². The summed E-state index contributed by atoms with van der Waals surface area (Å²) in [6, 6.07) is 0. The topological polar surface area (TPSA) is 26.0 Å². The minimum atomic E-state index is 0.814. The first-order valence-electron chi connectivity index (χ1n) is 5.87. The SMILES string of the molecule is C/C=C(\C=C/CC)CCCCN.CC. The van der Waals surface area contributed by atoms with Gasteiger partial charge >= 0.3 is 0 Å². The Hall–Kier alpha value is -0.560. The monoisotopic (exact) mass is 197 g/mol. The van der Waals surface area contributed by atoms with Crippen LogP contribution in [0.3, 0.4) is 0 Å². The molecule has 0 unspecified atom stereocenters. The Balaban J connectivity index is 0. The predicted octanol–water partition coefficient (Wildman–Crippen LogP) is 4.05. The van der Waals surface area contributed by atoms with E-state index in [9.17, 15) is 0 Å². The van der Waals surface area contributed by atoms with Crippen LogP contribution in [0, 0.1) is 0 Å². The molecule has 1 nitrogen and oxygen atoms in total. The quantitative estimate of drug-likeness (QED) is 0.504. The van der Waals surface area contributed by atoms with Crippen LogP contribution in [0.2, 0.25) is 0 Å². The molecule has 0 aliphatic heterocycles. The van der Waals surface area contributed by atoms with Gasteiger partial charge in [-0.2, -0.15) is 0 Å². The van der Waals surface area contributed by atoms with Gasteiger partial charge in [0.25, 0.3) is 0 Å². The molecular formula is C13H27N. The average Bonchev–Trinajstić information content (AvgIpc) is 2.26. The molecule has 84 valence electrons. The summed E-state index contributed by atoms with van der Waals surface area (Å²) in [6.45, 7) is 9.07. The summed E-state index contributed by atoms with van der Waals surface area (Å²) in [5.41, 5.74) is 6.85. The van der Waals surface area contributed by atoms with Crippen LogP contribution in [0.1, 0.15) is 53.4 Å². The molecule has 0 spiro atoms. The van der Waals surface area contributed by atoms with Crippen LogP contribution in [-0.4, -0.2) is 6.54 Å². The average molecular weight is 197 g/mol. The largest absolute Gasteiger partial charge is 0.330 e. The van der Waals surface area contributed by atoms with Crippen molar-refractivity contribution in [2.75, 3.05) is 6.54 Å². The van der Waals surface area contributed by atoms with Crippen molar-refractivity contribution in [3.8, 4) is 0 Å². The van der Waals surface area contributed by atoms with Crippen molar-refractivity contribution in [3.63, 3.8) is 0 Å². The van der Waals surface area contributed by atoms with Crippen molar-refractivity contribution in [1.82, 2.24) is 0 Å². The second-order valence-electron chi connectivity index (χ2n) is 2.92. The van der Waals surface area contributed by atoms with Gasteiger partial charge in [-0.05, 0) is 39.2 Å². The number of allylic oxidation sites excluding steroid dienone is 4. The lowest BCUT2D eigenvalue weighted by Gasteiger charge is -1.99. The highest BCUT2D eigenvalue weighted by Gasteiger charge is 1.90. The van der Waals surface area contributed by atoms with E-state index in [-0.39, 0.29) is 0 Å². The van der Waals surface area contributed by atoms with Crippen molar-refractivity contribution >= 4 is 0 Å². The summed E-state index contributed by atoms with van der Waals surface area (Å²) in [5.74, 6) is 0. The van der Waals surface area contributed by atoms with Crippen LogP contribution in [0.25, 0.3) is 0 Å². The van der Waals surface area contributed by atoms with E-state index in [1.807, 2.05) is 13.8 Å². The highest BCUT2D eigenvalue weighted by Crippen LogP contribution is 2.08. The maximum Gasteiger partial charge on any atom is -0.00772 e. The Kier molecular flexibility index (Phi) is 17.0. The van der Waals surface area contributed by atoms with E-state index in [0.29, 0.717) is 0 Å². The summed E-state index contributed by atoms with van der Waals surface area (Å²) < 4.78 is 0. The van der Waals surface area contributed by atoms with E-state index in [1.165, 1.54) is 18.4 Å². The smallest absolute Gasteiger partial charge is 0.00772 e. The van der Waals surface area contributed by atoms with Crippen molar-refractivity contribution in [2.24, 2.45) is 5.73 Å². The van der Waals surface area contributed by atoms with Gasteiger partial charge < -0.3 is 5.73 Å². The lowest BCUT2D eigenvalue weighted by Crippen LogP contribution is -1.97. The van der Waals surface area contributed by atoms with E-state index in [2.05, 4.69) is 32.1 Å². The molecule has 0 saturated heterocycles. The van der Waals surface area contributed by atoms with Crippen molar-refractivity contribution < 1.29 is 0 Å². The summed E-state index contributed by atoms with van der Waals surface area (Å²) >= 11 is 0. The maximum atomic E-state index is 5.42. The lowest BCUT2D eigenvalue weighted by atomic mass is 10.1. The molecule has 0 heterocycles. The number of hydrogen-bond donors (Lipinski definition) is 1. The van der Waals surface area contributed by atoms with Gasteiger partial charge in [0.05, 0.1) is 0 Å². The van der Waals surface area contributed by atoms with Crippen molar-refractivity contribution in [3.05, 3.63) is 23.8 Å². The Morgan fingerprint density at radius 2 is 1.86 bits per heavy atom. The second kappa shape index (κ2) is 14.9. The van der Waals surface area contributed by atoms with Crippen LogP contribution in [0.15, 0.2) is 23.8 Å². The Bertz CT molecular complexity index is 145. The molecule has 0 fully saturated rings. The molecule has 0 saturated carbocycles. The molecule has 2 N–H and O–H groups in total. The molecule has 14 heavy (non-hydrogen) atoms. The number of hydrogen-bond acceptors (Lipinski definition) is 1. The Morgan fingerprint density at radius 3 is 2.29 bits per heavy atom. The molecule has 0 aromatic carbocycles. The predicted molar refractivity (Wildman–Crippen MR) is 67.4 cm³/mol. The Labute approximate surface area is 90.1 Å². The van der Waals surface area contributed by atoms with Crippen LogP contribution < -0.4 is 5.73 Å². The van der Waals surface area contributed by atoms with Gasteiger partial charge in [-0.25, -0.2) is 0 Å². The van der Waals surface area contributed by atoms with Gasteiger partial charge in [0.2, 0.25) is 0 Å². The zero-order chi connectivity index (χ0) is 11.2. The van der Waals surface area contributed by atoms with Crippen LogP contribution in [-0.2, 0) is 0 Å². The molecule has 0 atom stereocenters. The highest BCUT2D eigenvalue weighted by molar-refractivity contribution is 5.17. The van der Waals surface area contributed by atoms with Crippen LogP contribution >= 0.6 is 0 Å². The van der Waals surface area contributed by atoms with Gasteiger partial charge in [-0.1, -0.05) is 44.6 Å². The number of nitrogens with two attached hydrogens (primary N) is 1. The summed E-state index contributed by atoms with van der Waals surface area (Å²) in [7, 11) is 0. The third-order valence-electron chi connectivity index (χ3n) is 1.86. The fourth-order valence-corrected chi connectivity index (χ4v) is 1.07. The van der Waals surface area contributed by atoms with Gasteiger partial charge in [-0.15, -0.1) is 0 Å². The summed E-state index contributed by atoms with van der Waals surface area (Å²) in [4.78, 5) is 0. The molecule has 0 bridgehead atoms. The Morgan fingerprint density at radius 1 is 1.21 bits per heavy atom. The summed E-state index contributed by atoms with van der Waals surface area (Å²) in [5, 5.41) is 0. The molecule has 0 aliphatic carbocycles. The molecule has 0 radical (unpaired) electrons. The van der Waals surface area contributed by atoms with Gasteiger partial charge in [0.15, 0.2) is 0 Å². The minimum absolute atomic E-state index is 0.814. The van der Waals surface area contributed by atoms with Gasteiger partial charge in [0.1, 0.15) is 0 Å². The van der Waals surface area contributed by atoms with E-state index in [0.717, 1.165) is 19.4 Å². The normalized spacial score (nSPS) is 11.4. The third kappa shape index (κ3) is 11.4. The first-order valence-corrected chi connectivity index (χ1v) is 5.87. The standard InChI is InChI=1S/C11H21N.C2H6/c1-3-5-8-11(4-2)9-6-7-10-12;1-2/h4-5,8H,3,6-7,9-10,12H2,1-2H3;1-2H3/b8-5-,11-4+;. The fraction of sp³-hybridized carbons (Fsp3) is 0.692. The second-order valence-corrected chi connectivity index (χ2v) is 2.92. The van der Waals surface area contributed by atoms with Crippen LogP contribution in [0.4, 0.5) is 0 Å². The van der Waals surface area contributed by atoms with E-state index in [4.69, 9.17) is 5.73 Å². The molecule has 0 rings (SSSR count). The van der Waals surface area contributed by atoms with E-state index >= 15 is 0 Å². The highest BCUT2D eigenvalue weighted by atomic mass is 14.5. The zero-order valence-electron chi connectivity index (χ0n) is 10.3. The molecule has 1 heteroatoms. The zero-order valence-corrected chi connectivity index (χ0v) is 10.3. The van der Waals surface area contributed by atoms with E-state index < -0.39 is 0 Å². The minimum Gasteiger partial charge on any atom is -0.330 e. The molecule has 0 aromatic heterocycles.